The van der Waals surface area contributed by atoms with Crippen LogP contribution in [-0.4, -0.2) is 21.3 Å². The second-order valence-corrected chi connectivity index (χ2v) is 9.75. The summed E-state index contributed by atoms with van der Waals surface area (Å²) in [6.07, 6.45) is 15.4. The molecule has 4 nitrogen and oxygen atoms in total. The van der Waals surface area contributed by atoms with E-state index in [4.69, 9.17) is 16.3 Å². The van der Waals surface area contributed by atoms with Gasteiger partial charge in [-0.25, -0.2) is 9.97 Å². The summed E-state index contributed by atoms with van der Waals surface area (Å²) in [5.41, 5.74) is 1.70. The Labute approximate surface area is 192 Å². The van der Waals surface area contributed by atoms with Gasteiger partial charge in [-0.1, -0.05) is 72.6 Å². The van der Waals surface area contributed by atoms with Crippen molar-refractivity contribution < 1.29 is 9.53 Å². The largest absolute Gasteiger partial charge is 0.425 e. The maximum Gasteiger partial charge on any atom is 0.329 e. The van der Waals surface area contributed by atoms with Crippen LogP contribution in [0.5, 0.6) is 5.75 Å². The Morgan fingerprint density at radius 2 is 1.48 bits per heavy atom. The number of benzene rings is 1. The van der Waals surface area contributed by atoms with Crippen molar-refractivity contribution in [3.8, 4) is 17.1 Å². The number of halogens is 1. The number of esters is 1. The van der Waals surface area contributed by atoms with Gasteiger partial charge in [-0.2, -0.15) is 0 Å². The molecule has 0 spiro atoms. The molecule has 1 atom stereocenters. The van der Waals surface area contributed by atoms with E-state index in [1.54, 1.807) is 12.1 Å². The molecule has 1 aromatic carbocycles. The summed E-state index contributed by atoms with van der Waals surface area (Å²) in [5, 5.41) is -0.705. The van der Waals surface area contributed by atoms with Crippen LogP contribution in [0.1, 0.15) is 84.6 Å². The standard InChI is InChI=1S/C26H37ClN2O2/c1-5-6-7-8-9-10-11-12-13-20-18-28-24(29-19-20)21-14-16-22(17-15-21)31-25(30)23(27)26(2,3)4/h14-19,23H,5-13H2,1-4H3. The molecule has 1 heterocycles. The summed E-state index contributed by atoms with van der Waals surface area (Å²) in [6.45, 7) is 7.98. The molecule has 0 saturated heterocycles. The van der Waals surface area contributed by atoms with Crippen molar-refractivity contribution in [2.45, 2.75) is 90.9 Å². The molecule has 31 heavy (non-hydrogen) atoms. The molecule has 170 valence electrons. The second-order valence-electron chi connectivity index (χ2n) is 9.31. The molecule has 0 fully saturated rings. The first-order valence-corrected chi connectivity index (χ1v) is 12.0. The van der Waals surface area contributed by atoms with E-state index in [1.165, 1.54) is 56.9 Å². The summed E-state index contributed by atoms with van der Waals surface area (Å²) >= 11 is 6.18. The van der Waals surface area contributed by atoms with Gasteiger partial charge in [0.2, 0.25) is 0 Å². The zero-order valence-electron chi connectivity index (χ0n) is 19.5. The van der Waals surface area contributed by atoms with Crippen LogP contribution in [0.4, 0.5) is 0 Å². The van der Waals surface area contributed by atoms with Crippen LogP contribution in [0.2, 0.25) is 0 Å². The number of aryl methyl sites for hydroxylation is 1. The van der Waals surface area contributed by atoms with Gasteiger partial charge < -0.3 is 4.74 Å². The number of carbonyl (C=O) groups excluding carboxylic acids is 1. The quantitative estimate of drug-likeness (QED) is 0.148. The number of rotatable bonds is 12. The lowest BCUT2D eigenvalue weighted by Crippen LogP contribution is -2.32. The number of carbonyl (C=O) groups is 1. The minimum absolute atomic E-state index is 0.358. The van der Waals surface area contributed by atoms with E-state index in [2.05, 4.69) is 16.9 Å². The molecule has 5 heteroatoms. The Morgan fingerprint density at radius 1 is 0.935 bits per heavy atom. The molecule has 0 bridgehead atoms. The van der Waals surface area contributed by atoms with Crippen LogP contribution < -0.4 is 4.74 Å². The van der Waals surface area contributed by atoms with E-state index in [0.717, 1.165) is 12.0 Å². The first-order valence-electron chi connectivity index (χ1n) is 11.6. The van der Waals surface area contributed by atoms with E-state index in [9.17, 15) is 4.79 Å². The highest BCUT2D eigenvalue weighted by molar-refractivity contribution is 6.30. The van der Waals surface area contributed by atoms with E-state index < -0.39 is 11.3 Å². The minimum Gasteiger partial charge on any atom is -0.425 e. The Morgan fingerprint density at radius 3 is 2.03 bits per heavy atom. The second kappa shape index (κ2) is 12.8. The Bertz CT molecular complexity index is 783. The number of ether oxygens (including phenoxy) is 1. The number of hydrogen-bond donors (Lipinski definition) is 0. The van der Waals surface area contributed by atoms with Crippen LogP contribution in [0, 0.1) is 5.41 Å². The van der Waals surface area contributed by atoms with Crippen LogP contribution in [0.15, 0.2) is 36.7 Å². The molecule has 0 aliphatic carbocycles. The van der Waals surface area contributed by atoms with Gasteiger partial charge in [0.25, 0.3) is 0 Å². The van der Waals surface area contributed by atoms with E-state index in [-0.39, 0.29) is 5.41 Å². The van der Waals surface area contributed by atoms with Gasteiger partial charge in [-0.3, -0.25) is 4.79 Å². The minimum atomic E-state index is -0.705. The lowest BCUT2D eigenvalue weighted by molar-refractivity contribution is -0.135. The fourth-order valence-corrected chi connectivity index (χ4v) is 3.33. The van der Waals surface area contributed by atoms with E-state index in [1.807, 2.05) is 45.3 Å². The third-order valence-electron chi connectivity index (χ3n) is 5.32. The number of alkyl halides is 1. The SMILES string of the molecule is CCCCCCCCCCc1cnc(-c2ccc(OC(=O)C(Cl)C(C)(C)C)cc2)nc1. The van der Waals surface area contributed by atoms with Crippen LogP contribution >= 0.6 is 11.6 Å². The Kier molecular flexibility index (Phi) is 10.5. The molecule has 2 aromatic rings. The molecule has 0 amide bonds. The summed E-state index contributed by atoms with van der Waals surface area (Å²) < 4.78 is 5.39. The summed E-state index contributed by atoms with van der Waals surface area (Å²) in [4.78, 5) is 21.2. The van der Waals surface area contributed by atoms with Crippen molar-refractivity contribution in [2.24, 2.45) is 5.41 Å². The molecule has 0 radical (unpaired) electrons. The van der Waals surface area contributed by atoms with Crippen LogP contribution in [-0.2, 0) is 11.2 Å². The summed E-state index contributed by atoms with van der Waals surface area (Å²) in [7, 11) is 0. The Balaban J connectivity index is 1.79. The van der Waals surface area contributed by atoms with Crippen LogP contribution in [0.3, 0.4) is 0 Å². The smallest absolute Gasteiger partial charge is 0.329 e. The first kappa shape index (κ1) is 25.3. The molecule has 0 saturated carbocycles. The highest BCUT2D eigenvalue weighted by Crippen LogP contribution is 2.27. The average molecular weight is 445 g/mol. The molecule has 0 N–H and O–H groups in total. The highest BCUT2D eigenvalue weighted by Gasteiger charge is 2.30. The maximum atomic E-state index is 12.2. The highest BCUT2D eigenvalue weighted by atomic mass is 35.5. The van der Waals surface area contributed by atoms with Crippen molar-refractivity contribution in [1.82, 2.24) is 9.97 Å². The molecule has 2 rings (SSSR count). The predicted molar refractivity (Wildman–Crippen MR) is 129 cm³/mol. The van der Waals surface area contributed by atoms with Gasteiger partial charge in [0.15, 0.2) is 5.82 Å². The number of nitrogens with zero attached hydrogens (tertiary/aromatic N) is 2. The zero-order valence-corrected chi connectivity index (χ0v) is 20.3. The molecule has 0 aliphatic heterocycles. The van der Waals surface area contributed by atoms with Crippen molar-refractivity contribution in [1.29, 1.82) is 0 Å². The van der Waals surface area contributed by atoms with Crippen molar-refractivity contribution >= 4 is 17.6 Å². The van der Waals surface area contributed by atoms with Gasteiger partial charge in [-0.05, 0) is 48.1 Å². The van der Waals surface area contributed by atoms with Gasteiger partial charge in [0.05, 0.1) is 0 Å². The predicted octanol–water partition coefficient (Wildman–Crippen LogP) is 7.39. The monoisotopic (exact) mass is 444 g/mol. The Hall–Kier alpha value is -1.94. The fraction of sp³-hybridized carbons (Fsp3) is 0.577. The van der Waals surface area contributed by atoms with E-state index in [0.29, 0.717) is 11.6 Å². The first-order chi connectivity index (χ1) is 14.8. The number of aromatic nitrogens is 2. The van der Waals surface area contributed by atoms with Gasteiger partial charge >= 0.3 is 5.97 Å². The van der Waals surface area contributed by atoms with Crippen molar-refractivity contribution in [3.63, 3.8) is 0 Å². The lowest BCUT2D eigenvalue weighted by atomic mass is 9.92. The third kappa shape index (κ3) is 8.98. The van der Waals surface area contributed by atoms with Gasteiger partial charge in [-0.15, -0.1) is 11.6 Å². The molecular weight excluding hydrogens is 408 g/mol. The lowest BCUT2D eigenvalue weighted by Gasteiger charge is -2.23. The van der Waals surface area contributed by atoms with Crippen molar-refractivity contribution in [2.75, 3.05) is 0 Å². The molecule has 1 unspecified atom stereocenters. The third-order valence-corrected chi connectivity index (χ3v) is 6.16. The summed E-state index contributed by atoms with van der Waals surface area (Å²) in [5.74, 6) is 0.695. The normalized spacial score (nSPS) is 12.5. The fourth-order valence-electron chi connectivity index (χ4n) is 3.29. The van der Waals surface area contributed by atoms with Gasteiger partial charge in [0, 0.05) is 18.0 Å². The summed E-state index contributed by atoms with van der Waals surface area (Å²) in [6, 6.07) is 7.21. The van der Waals surface area contributed by atoms with Crippen LogP contribution in [0.25, 0.3) is 11.4 Å². The average Bonchev–Trinajstić information content (AvgIpc) is 2.75. The van der Waals surface area contributed by atoms with Crippen molar-refractivity contribution in [3.05, 3.63) is 42.2 Å². The van der Waals surface area contributed by atoms with E-state index >= 15 is 0 Å². The molecule has 0 aliphatic rings. The van der Waals surface area contributed by atoms with Gasteiger partial charge in [0.1, 0.15) is 11.1 Å². The molecule has 1 aromatic heterocycles. The number of unbranched alkanes of at least 4 members (excludes halogenated alkanes) is 7. The molecular formula is C26H37ClN2O2. The topological polar surface area (TPSA) is 52.1 Å². The number of hydrogen-bond acceptors (Lipinski definition) is 4. The zero-order chi connectivity index (χ0) is 22.7. The maximum absolute atomic E-state index is 12.2.